The van der Waals surface area contributed by atoms with Crippen molar-refractivity contribution in [2.45, 2.75) is 30.8 Å². The van der Waals surface area contributed by atoms with Crippen LogP contribution in [0.3, 0.4) is 0 Å². The van der Waals surface area contributed by atoms with Gasteiger partial charge < -0.3 is 24.2 Å². The lowest BCUT2D eigenvalue weighted by Crippen LogP contribution is -2.56. The number of likely N-dealkylation sites (tertiary alicyclic amines) is 1. The predicted molar refractivity (Wildman–Crippen MR) is 140 cm³/mol. The molecule has 2 aliphatic heterocycles. The van der Waals surface area contributed by atoms with Gasteiger partial charge in [-0.15, -0.1) is 0 Å². The summed E-state index contributed by atoms with van der Waals surface area (Å²) < 4.78 is 7.70. The van der Waals surface area contributed by atoms with Crippen LogP contribution in [0.4, 0.5) is 0 Å². The molecule has 8 nitrogen and oxygen atoms in total. The lowest BCUT2D eigenvalue weighted by Gasteiger charge is -2.50. The van der Waals surface area contributed by atoms with Gasteiger partial charge in [0.05, 0.1) is 31.8 Å². The molecule has 1 spiro atoms. The highest BCUT2D eigenvalue weighted by Gasteiger charge is 2.49. The van der Waals surface area contributed by atoms with Crippen molar-refractivity contribution in [1.29, 1.82) is 0 Å². The van der Waals surface area contributed by atoms with Crippen LogP contribution in [0.25, 0.3) is 10.9 Å². The molecule has 192 valence electrons. The van der Waals surface area contributed by atoms with Gasteiger partial charge in [-0.05, 0) is 69.4 Å². The molecule has 1 aromatic carbocycles. The number of aliphatic hydroxyl groups is 1. The van der Waals surface area contributed by atoms with E-state index >= 15 is 0 Å². The second-order valence-electron chi connectivity index (χ2n) is 10.6. The van der Waals surface area contributed by atoms with Crippen LogP contribution in [0.1, 0.15) is 35.7 Å². The summed E-state index contributed by atoms with van der Waals surface area (Å²) in [7, 11) is 7.56. The number of ether oxygens (including phenoxy) is 1. The van der Waals surface area contributed by atoms with E-state index in [0.717, 1.165) is 49.4 Å². The number of amides is 1. The molecule has 0 aliphatic carbocycles. The molecule has 2 aliphatic rings. The summed E-state index contributed by atoms with van der Waals surface area (Å²) in [5.74, 6) is 0.867. The number of carbonyl (C=O) groups is 1. The molecule has 1 N–H and O–H groups in total. The van der Waals surface area contributed by atoms with Crippen molar-refractivity contribution in [3.05, 3.63) is 59.5 Å². The zero-order valence-electron chi connectivity index (χ0n) is 21.8. The average molecular weight is 492 g/mol. The van der Waals surface area contributed by atoms with Gasteiger partial charge in [0.2, 0.25) is 5.91 Å². The SMILES string of the molecule is COc1ccc2c3c(n(C)c2c1)[C@@H](CO)N(C(=O)CN(C)C)CC31CCN(Cc2cccnc2)CC1. The largest absolute Gasteiger partial charge is 0.497 e. The molecule has 0 bridgehead atoms. The molecule has 1 fully saturated rings. The van der Waals surface area contributed by atoms with E-state index in [-0.39, 0.29) is 24.0 Å². The van der Waals surface area contributed by atoms with Crippen LogP contribution in [0.2, 0.25) is 0 Å². The summed E-state index contributed by atoms with van der Waals surface area (Å²) in [6, 6.07) is 9.99. The first-order chi connectivity index (χ1) is 17.4. The van der Waals surface area contributed by atoms with Gasteiger partial charge in [0, 0.05) is 55.1 Å². The summed E-state index contributed by atoms with van der Waals surface area (Å²) in [5, 5.41) is 11.8. The Kier molecular flexibility index (Phi) is 6.76. The number of piperidine rings is 1. The van der Waals surface area contributed by atoms with Crippen LogP contribution in [0.15, 0.2) is 42.7 Å². The molecule has 0 saturated carbocycles. The van der Waals surface area contributed by atoms with Crippen LogP contribution in [0, 0.1) is 0 Å². The van der Waals surface area contributed by atoms with Crippen LogP contribution in [0.5, 0.6) is 5.75 Å². The molecule has 0 radical (unpaired) electrons. The Balaban J connectivity index is 1.57. The second kappa shape index (κ2) is 9.84. The maximum absolute atomic E-state index is 13.5. The van der Waals surface area contributed by atoms with Gasteiger partial charge in [-0.3, -0.25) is 14.7 Å². The molecule has 1 amide bonds. The minimum Gasteiger partial charge on any atom is -0.497 e. The number of hydrogen-bond acceptors (Lipinski definition) is 6. The van der Waals surface area contributed by atoms with Crippen molar-refractivity contribution >= 4 is 16.8 Å². The number of fused-ring (bicyclic) bond motifs is 4. The van der Waals surface area contributed by atoms with Crippen LogP contribution < -0.4 is 4.74 Å². The van der Waals surface area contributed by atoms with Gasteiger partial charge in [0.25, 0.3) is 0 Å². The Bertz CT molecular complexity index is 1230. The second-order valence-corrected chi connectivity index (χ2v) is 10.6. The Morgan fingerprint density at radius 3 is 2.67 bits per heavy atom. The molecule has 4 heterocycles. The summed E-state index contributed by atoms with van der Waals surface area (Å²) in [6.07, 6.45) is 5.66. The van der Waals surface area contributed by atoms with Gasteiger partial charge >= 0.3 is 0 Å². The molecule has 1 saturated heterocycles. The predicted octanol–water partition coefficient (Wildman–Crippen LogP) is 2.55. The molecule has 0 unspecified atom stereocenters. The first-order valence-electron chi connectivity index (χ1n) is 12.7. The van der Waals surface area contributed by atoms with Crippen LogP contribution in [-0.4, -0.2) is 89.3 Å². The maximum Gasteiger partial charge on any atom is 0.237 e. The normalized spacial score (nSPS) is 19.7. The van der Waals surface area contributed by atoms with E-state index < -0.39 is 0 Å². The highest BCUT2D eigenvalue weighted by atomic mass is 16.5. The summed E-state index contributed by atoms with van der Waals surface area (Å²) in [4.78, 5) is 24.1. The molecular formula is C28H37N5O3. The zero-order chi connectivity index (χ0) is 25.4. The standard InChI is InChI=1S/C28H37N5O3/c1-30(2)17-25(35)33-19-28(9-12-32(13-10-28)16-20-6-5-11-29-15-20)26-22-8-7-21(36-4)14-23(22)31(3)27(26)24(33)18-34/h5-8,11,14-15,24,34H,9-10,12-13,16-19H2,1-4H3/t24-/m1/s1. The number of benzene rings is 1. The topological polar surface area (TPSA) is 74.1 Å². The van der Waals surface area contributed by atoms with Crippen molar-refractivity contribution in [3.63, 3.8) is 0 Å². The van der Waals surface area contributed by atoms with E-state index in [0.29, 0.717) is 13.1 Å². The number of aromatic nitrogens is 2. The fourth-order valence-electron chi connectivity index (χ4n) is 6.28. The molecule has 3 aromatic rings. The van der Waals surface area contributed by atoms with E-state index in [1.165, 1.54) is 16.5 Å². The van der Waals surface area contributed by atoms with Gasteiger partial charge in [-0.25, -0.2) is 0 Å². The number of hydrogen-bond donors (Lipinski definition) is 1. The first kappa shape index (κ1) is 24.7. The summed E-state index contributed by atoms with van der Waals surface area (Å²) in [5.41, 5.74) is 4.49. The number of methoxy groups -OCH3 is 1. The van der Waals surface area contributed by atoms with E-state index in [4.69, 9.17) is 4.74 Å². The van der Waals surface area contributed by atoms with Crippen molar-refractivity contribution < 1.29 is 14.6 Å². The van der Waals surface area contributed by atoms with E-state index in [1.54, 1.807) is 7.11 Å². The molecule has 36 heavy (non-hydrogen) atoms. The third-order valence-electron chi connectivity index (χ3n) is 8.04. The Hall–Kier alpha value is -2.94. The van der Waals surface area contributed by atoms with Crippen molar-refractivity contribution in [1.82, 2.24) is 24.3 Å². The van der Waals surface area contributed by atoms with Gasteiger partial charge in [-0.2, -0.15) is 0 Å². The molecule has 8 heteroatoms. The number of pyridine rings is 1. The minimum absolute atomic E-state index is 0.0599. The van der Waals surface area contributed by atoms with Crippen molar-refractivity contribution in [3.8, 4) is 5.75 Å². The third kappa shape index (κ3) is 4.27. The number of carbonyl (C=O) groups excluding carboxylic acids is 1. The number of aryl methyl sites for hydroxylation is 1. The molecule has 5 rings (SSSR count). The highest BCUT2D eigenvalue weighted by Crippen LogP contribution is 2.50. The smallest absolute Gasteiger partial charge is 0.237 e. The third-order valence-corrected chi connectivity index (χ3v) is 8.04. The lowest BCUT2D eigenvalue weighted by atomic mass is 9.68. The maximum atomic E-state index is 13.5. The average Bonchev–Trinajstić information content (AvgIpc) is 3.18. The molecule has 1 atom stereocenters. The Labute approximate surface area is 213 Å². The summed E-state index contributed by atoms with van der Waals surface area (Å²) in [6.45, 7) is 3.63. The van der Waals surface area contributed by atoms with Crippen LogP contribution >= 0.6 is 0 Å². The van der Waals surface area contributed by atoms with Crippen LogP contribution in [-0.2, 0) is 23.8 Å². The molecule has 2 aromatic heterocycles. The van der Waals surface area contributed by atoms with Crippen molar-refractivity contribution in [2.75, 3.05) is 54.0 Å². The zero-order valence-corrected chi connectivity index (χ0v) is 21.8. The van der Waals surface area contributed by atoms with Gasteiger partial charge in [0.15, 0.2) is 0 Å². The quantitative estimate of drug-likeness (QED) is 0.571. The fourth-order valence-corrected chi connectivity index (χ4v) is 6.28. The number of rotatable bonds is 6. The Morgan fingerprint density at radius 2 is 2.03 bits per heavy atom. The minimum atomic E-state index is -0.366. The number of nitrogens with zero attached hydrogens (tertiary/aromatic N) is 5. The fraction of sp³-hybridized carbons (Fsp3) is 0.500. The highest BCUT2D eigenvalue weighted by molar-refractivity contribution is 5.90. The Morgan fingerprint density at radius 1 is 1.25 bits per heavy atom. The van der Waals surface area contributed by atoms with E-state index in [9.17, 15) is 9.90 Å². The molecular weight excluding hydrogens is 454 g/mol. The number of aliphatic hydroxyl groups excluding tert-OH is 1. The lowest BCUT2D eigenvalue weighted by molar-refractivity contribution is -0.138. The van der Waals surface area contributed by atoms with E-state index in [1.807, 2.05) is 48.4 Å². The summed E-state index contributed by atoms with van der Waals surface area (Å²) >= 11 is 0. The van der Waals surface area contributed by atoms with Gasteiger partial charge in [0.1, 0.15) is 5.75 Å². The van der Waals surface area contributed by atoms with Crippen molar-refractivity contribution in [2.24, 2.45) is 7.05 Å². The van der Waals surface area contributed by atoms with E-state index in [2.05, 4.69) is 39.7 Å². The monoisotopic (exact) mass is 491 g/mol. The van der Waals surface area contributed by atoms with Gasteiger partial charge in [-0.1, -0.05) is 6.07 Å². The number of likely N-dealkylation sites (N-methyl/N-ethyl adjacent to an activating group) is 1. The first-order valence-corrected chi connectivity index (χ1v) is 12.7.